The van der Waals surface area contributed by atoms with Crippen molar-refractivity contribution in [2.45, 2.75) is 20.0 Å². The zero-order valence-corrected chi connectivity index (χ0v) is 12.9. The minimum absolute atomic E-state index is 0.171. The van der Waals surface area contributed by atoms with Crippen molar-refractivity contribution in [1.82, 2.24) is 9.97 Å². The lowest BCUT2D eigenvalue weighted by atomic mass is 10.3. The van der Waals surface area contributed by atoms with Crippen LogP contribution >= 0.6 is 0 Å². The topological polar surface area (TPSA) is 59.2 Å². The molecule has 2 N–H and O–H groups in total. The fourth-order valence-corrected chi connectivity index (χ4v) is 2.20. The number of methoxy groups -OCH3 is 1. The Morgan fingerprint density at radius 1 is 1.05 bits per heavy atom. The van der Waals surface area contributed by atoms with Gasteiger partial charge in [-0.3, -0.25) is 0 Å². The number of nitrogens with one attached hydrogen (secondary N) is 2. The summed E-state index contributed by atoms with van der Waals surface area (Å²) >= 11 is 0. The minimum Gasteiger partial charge on any atom is -0.497 e. The number of nitrogens with zero attached hydrogens (tertiary/aromatic N) is 1. The number of anilines is 2. The first-order valence-electron chi connectivity index (χ1n) is 7.21. The summed E-state index contributed by atoms with van der Waals surface area (Å²) in [6.07, 6.45) is 0.171. The van der Waals surface area contributed by atoms with Crippen molar-refractivity contribution in [1.29, 1.82) is 0 Å². The number of hydrogen-bond acceptors (Lipinski definition) is 4. The Kier molecular flexibility index (Phi) is 3.87. The predicted molar refractivity (Wildman–Crippen MR) is 88.1 cm³/mol. The van der Waals surface area contributed by atoms with Crippen LogP contribution in [0.5, 0.6) is 11.5 Å². The second-order valence-electron chi connectivity index (χ2n) is 5.28. The highest BCUT2D eigenvalue weighted by Gasteiger charge is 2.05. The molecule has 114 valence electrons. The van der Waals surface area contributed by atoms with Crippen LogP contribution in [0.2, 0.25) is 0 Å². The zero-order valence-electron chi connectivity index (χ0n) is 12.9. The Balaban J connectivity index is 1.77. The van der Waals surface area contributed by atoms with E-state index in [1.54, 1.807) is 7.11 Å². The molecule has 1 aromatic heterocycles. The highest BCUT2D eigenvalue weighted by Crippen LogP contribution is 2.23. The van der Waals surface area contributed by atoms with Crippen LogP contribution in [0.15, 0.2) is 42.5 Å². The smallest absolute Gasteiger partial charge is 0.205 e. The van der Waals surface area contributed by atoms with E-state index in [1.165, 1.54) is 0 Å². The van der Waals surface area contributed by atoms with Crippen LogP contribution in [-0.2, 0) is 0 Å². The van der Waals surface area contributed by atoms with Crippen LogP contribution in [-0.4, -0.2) is 23.2 Å². The molecule has 3 rings (SSSR count). The average Bonchev–Trinajstić information content (AvgIpc) is 2.89. The Bertz CT molecular complexity index is 763. The highest BCUT2D eigenvalue weighted by atomic mass is 16.5. The van der Waals surface area contributed by atoms with E-state index in [2.05, 4.69) is 15.3 Å². The van der Waals surface area contributed by atoms with Gasteiger partial charge in [0, 0.05) is 11.8 Å². The number of aromatic nitrogens is 2. The molecule has 0 unspecified atom stereocenters. The van der Waals surface area contributed by atoms with Gasteiger partial charge in [0.2, 0.25) is 5.95 Å². The number of ether oxygens (including phenoxy) is 2. The van der Waals surface area contributed by atoms with Gasteiger partial charge in [0.25, 0.3) is 0 Å². The fourth-order valence-electron chi connectivity index (χ4n) is 2.20. The first-order valence-corrected chi connectivity index (χ1v) is 7.21. The van der Waals surface area contributed by atoms with Crippen molar-refractivity contribution >= 4 is 22.7 Å². The van der Waals surface area contributed by atoms with Crippen molar-refractivity contribution < 1.29 is 9.47 Å². The number of H-pyrrole nitrogens is 1. The summed E-state index contributed by atoms with van der Waals surface area (Å²) in [7, 11) is 1.65. The van der Waals surface area contributed by atoms with Crippen LogP contribution in [0.4, 0.5) is 11.6 Å². The third-order valence-corrected chi connectivity index (χ3v) is 3.18. The van der Waals surface area contributed by atoms with Crippen LogP contribution < -0.4 is 14.8 Å². The summed E-state index contributed by atoms with van der Waals surface area (Å²) in [6, 6.07) is 13.5. The van der Waals surface area contributed by atoms with Crippen molar-refractivity contribution in [2.75, 3.05) is 12.4 Å². The van der Waals surface area contributed by atoms with Crippen LogP contribution in [0.3, 0.4) is 0 Å². The van der Waals surface area contributed by atoms with Crippen LogP contribution in [0, 0.1) is 0 Å². The molecule has 0 atom stereocenters. The van der Waals surface area contributed by atoms with Crippen LogP contribution in [0.25, 0.3) is 11.0 Å². The van der Waals surface area contributed by atoms with Gasteiger partial charge in [-0.25, -0.2) is 4.98 Å². The molecule has 0 aliphatic heterocycles. The van der Waals surface area contributed by atoms with Crippen molar-refractivity contribution in [3.8, 4) is 11.5 Å². The first kappa shape index (κ1) is 14.3. The van der Waals surface area contributed by atoms with Gasteiger partial charge in [-0.15, -0.1) is 0 Å². The largest absolute Gasteiger partial charge is 0.497 e. The van der Waals surface area contributed by atoms with Crippen molar-refractivity contribution in [3.63, 3.8) is 0 Å². The molecule has 5 nitrogen and oxygen atoms in total. The normalized spacial score (nSPS) is 10.9. The number of aromatic amines is 1. The van der Waals surface area contributed by atoms with Gasteiger partial charge < -0.3 is 19.8 Å². The molecule has 0 aliphatic rings. The monoisotopic (exact) mass is 297 g/mol. The fraction of sp³-hybridized carbons (Fsp3) is 0.235. The molecule has 0 fully saturated rings. The molecule has 22 heavy (non-hydrogen) atoms. The highest BCUT2D eigenvalue weighted by molar-refractivity contribution is 5.79. The third-order valence-electron chi connectivity index (χ3n) is 3.18. The van der Waals surface area contributed by atoms with Crippen LogP contribution in [0.1, 0.15) is 13.8 Å². The molecule has 0 saturated carbocycles. The second kappa shape index (κ2) is 5.97. The van der Waals surface area contributed by atoms with E-state index >= 15 is 0 Å². The summed E-state index contributed by atoms with van der Waals surface area (Å²) < 4.78 is 10.8. The summed E-state index contributed by atoms with van der Waals surface area (Å²) in [5.74, 6) is 2.36. The maximum atomic E-state index is 5.63. The first-order chi connectivity index (χ1) is 10.6. The molecule has 0 radical (unpaired) electrons. The average molecular weight is 297 g/mol. The van der Waals surface area contributed by atoms with E-state index in [9.17, 15) is 0 Å². The standard InChI is InChI=1S/C17H19N3O2/c1-11(2)22-13-6-4-12(5-7-13)18-17-19-15-9-8-14(21-3)10-16(15)20-17/h4-11H,1-3H3,(H2,18,19,20). The number of benzene rings is 2. The van der Waals surface area contributed by atoms with Gasteiger partial charge >= 0.3 is 0 Å². The molecule has 0 spiro atoms. The number of rotatable bonds is 5. The number of imidazole rings is 1. The Morgan fingerprint density at radius 3 is 2.45 bits per heavy atom. The predicted octanol–water partition coefficient (Wildman–Crippen LogP) is 4.10. The lowest BCUT2D eigenvalue weighted by molar-refractivity contribution is 0.242. The van der Waals surface area contributed by atoms with E-state index in [0.29, 0.717) is 5.95 Å². The minimum atomic E-state index is 0.171. The molecule has 3 aromatic rings. The number of hydrogen-bond donors (Lipinski definition) is 2. The summed E-state index contributed by atoms with van der Waals surface area (Å²) in [6.45, 7) is 4.02. The lowest BCUT2D eigenvalue weighted by Gasteiger charge is -2.10. The Hall–Kier alpha value is -2.69. The summed E-state index contributed by atoms with van der Waals surface area (Å²) in [4.78, 5) is 7.73. The van der Waals surface area contributed by atoms with E-state index in [4.69, 9.17) is 9.47 Å². The van der Waals surface area contributed by atoms with E-state index in [1.807, 2.05) is 56.3 Å². The zero-order chi connectivity index (χ0) is 15.5. The van der Waals surface area contributed by atoms with Gasteiger partial charge in [-0.2, -0.15) is 0 Å². The molecule has 5 heteroatoms. The SMILES string of the molecule is COc1ccc2nc(Nc3ccc(OC(C)C)cc3)[nH]c2c1. The molecule has 1 heterocycles. The lowest BCUT2D eigenvalue weighted by Crippen LogP contribution is -2.05. The van der Waals surface area contributed by atoms with Gasteiger partial charge in [0.15, 0.2) is 0 Å². The van der Waals surface area contributed by atoms with Crippen molar-refractivity contribution in [2.24, 2.45) is 0 Å². The molecule has 0 aliphatic carbocycles. The molecule has 0 amide bonds. The van der Waals surface area contributed by atoms with Gasteiger partial charge in [-0.1, -0.05) is 0 Å². The molecular weight excluding hydrogens is 278 g/mol. The van der Waals surface area contributed by atoms with Gasteiger partial charge in [0.1, 0.15) is 11.5 Å². The van der Waals surface area contributed by atoms with E-state index < -0.39 is 0 Å². The van der Waals surface area contributed by atoms with Gasteiger partial charge in [-0.05, 0) is 50.2 Å². The number of fused-ring (bicyclic) bond motifs is 1. The van der Waals surface area contributed by atoms with Crippen molar-refractivity contribution in [3.05, 3.63) is 42.5 Å². The second-order valence-corrected chi connectivity index (χ2v) is 5.28. The Labute approximate surface area is 129 Å². The summed E-state index contributed by atoms with van der Waals surface area (Å²) in [5, 5.41) is 3.25. The Morgan fingerprint density at radius 2 is 1.77 bits per heavy atom. The third kappa shape index (κ3) is 3.14. The summed E-state index contributed by atoms with van der Waals surface area (Å²) in [5.41, 5.74) is 2.77. The quantitative estimate of drug-likeness (QED) is 0.744. The van der Waals surface area contributed by atoms with E-state index in [0.717, 1.165) is 28.2 Å². The maximum Gasteiger partial charge on any atom is 0.205 e. The molecular formula is C17H19N3O2. The molecule has 0 bridgehead atoms. The molecule has 2 aromatic carbocycles. The van der Waals surface area contributed by atoms with Gasteiger partial charge in [0.05, 0.1) is 24.2 Å². The van der Waals surface area contributed by atoms with E-state index in [-0.39, 0.29) is 6.10 Å². The molecule has 0 saturated heterocycles. The maximum absolute atomic E-state index is 5.63.